The number of aryl methyl sites for hydroxylation is 1. The highest BCUT2D eigenvalue weighted by molar-refractivity contribution is 8.13. The summed E-state index contributed by atoms with van der Waals surface area (Å²) in [4.78, 5) is 3.50. The van der Waals surface area contributed by atoms with Gasteiger partial charge in [0.05, 0.1) is 28.2 Å². The Morgan fingerprint density at radius 1 is 1.25 bits per heavy atom. The largest absolute Gasteiger partial charge is 0.312 e. The topological polar surface area (TPSA) is 6.25 Å². The van der Waals surface area contributed by atoms with Crippen molar-refractivity contribution in [2.75, 3.05) is 28.2 Å². The van der Waals surface area contributed by atoms with Crippen molar-refractivity contribution in [1.82, 2.24) is 4.90 Å². The van der Waals surface area contributed by atoms with Crippen LogP contribution in [0.4, 0.5) is 0 Å². The lowest BCUT2D eigenvalue weighted by Crippen LogP contribution is -2.26. The molecule has 16 heavy (non-hydrogen) atoms. The van der Waals surface area contributed by atoms with Crippen molar-refractivity contribution in [1.29, 1.82) is 0 Å². The van der Waals surface area contributed by atoms with Crippen LogP contribution >= 0.6 is 11.8 Å². The summed E-state index contributed by atoms with van der Waals surface area (Å²) in [5.74, 6) is 0. The summed E-state index contributed by atoms with van der Waals surface area (Å²) in [5.41, 5.74) is 1.41. The van der Waals surface area contributed by atoms with E-state index in [0.717, 1.165) is 6.42 Å². The van der Waals surface area contributed by atoms with Gasteiger partial charge in [-0.05, 0) is 29.8 Å². The van der Waals surface area contributed by atoms with E-state index in [4.69, 9.17) is 0 Å². The van der Waals surface area contributed by atoms with Gasteiger partial charge in [-0.3, -0.25) is 9.48 Å². The summed E-state index contributed by atoms with van der Waals surface area (Å²) in [6.45, 7) is 2.20. The van der Waals surface area contributed by atoms with E-state index >= 15 is 0 Å². The number of hydrogen-bond donors (Lipinski definition) is 0. The van der Waals surface area contributed by atoms with Crippen molar-refractivity contribution in [2.24, 2.45) is 0 Å². The van der Waals surface area contributed by atoms with Crippen LogP contribution in [0.3, 0.4) is 0 Å². The van der Waals surface area contributed by atoms with Gasteiger partial charge in [0.15, 0.2) is 0 Å². The number of thioether (sulfide) groups is 1. The lowest BCUT2D eigenvalue weighted by molar-refractivity contribution is -0.466. The maximum absolute atomic E-state index is 2.20. The number of benzene rings is 1. The third-order valence-electron chi connectivity index (χ3n) is 2.32. The zero-order valence-electron chi connectivity index (χ0n) is 10.8. The van der Waals surface area contributed by atoms with Crippen molar-refractivity contribution in [3.05, 3.63) is 29.8 Å². The van der Waals surface area contributed by atoms with E-state index in [1.54, 1.807) is 0 Å². The molecule has 0 aromatic heterocycles. The molecule has 0 fully saturated rings. The maximum Gasteiger partial charge on any atom is 0.312 e. The summed E-state index contributed by atoms with van der Waals surface area (Å²) >= 11 is 1.82. The molecular weight excluding hydrogens is 216 g/mol. The Labute approximate surface area is 103 Å². The van der Waals surface area contributed by atoms with E-state index in [1.807, 2.05) is 11.8 Å². The van der Waals surface area contributed by atoms with Crippen LogP contribution in [0.1, 0.15) is 12.5 Å². The van der Waals surface area contributed by atoms with Crippen molar-refractivity contribution < 1.29 is 4.58 Å². The first-order valence-electron chi connectivity index (χ1n) is 5.53. The van der Waals surface area contributed by atoms with Gasteiger partial charge in [-0.15, -0.1) is 0 Å². The first-order chi connectivity index (χ1) is 7.56. The predicted molar refractivity (Wildman–Crippen MR) is 72.5 cm³/mol. The first kappa shape index (κ1) is 13.1. The van der Waals surface area contributed by atoms with Crippen molar-refractivity contribution in [3.63, 3.8) is 0 Å². The average Bonchev–Trinajstić information content (AvgIpc) is 2.25. The van der Waals surface area contributed by atoms with E-state index in [1.165, 1.54) is 15.6 Å². The van der Waals surface area contributed by atoms with Crippen molar-refractivity contribution in [2.45, 2.75) is 18.2 Å². The van der Waals surface area contributed by atoms with Crippen LogP contribution in [0.25, 0.3) is 0 Å². The van der Waals surface area contributed by atoms with Gasteiger partial charge in [0.2, 0.25) is 0 Å². The molecule has 1 aromatic rings. The Bertz CT molecular complexity index is 379. The lowest BCUT2D eigenvalue weighted by Gasteiger charge is -2.12. The van der Waals surface area contributed by atoms with Gasteiger partial charge >= 0.3 is 5.17 Å². The molecule has 1 aromatic carbocycles. The summed E-state index contributed by atoms with van der Waals surface area (Å²) in [6.07, 6.45) is 1.08. The molecule has 0 aliphatic carbocycles. The molecule has 0 N–H and O–H groups in total. The standard InChI is InChI=1S/C13H21N2S/c1-6-11-9-7-8-10-12(11)16-13(14(2)3)15(4)5/h7-10H,6H2,1-5H3/q+1. The van der Waals surface area contributed by atoms with E-state index in [0.29, 0.717) is 0 Å². The summed E-state index contributed by atoms with van der Waals surface area (Å²) < 4.78 is 2.15. The van der Waals surface area contributed by atoms with Gasteiger partial charge in [-0.2, -0.15) is 0 Å². The quantitative estimate of drug-likeness (QED) is 0.337. The molecule has 0 atom stereocenters. The summed E-state index contributed by atoms with van der Waals surface area (Å²) in [5, 5.41) is 1.25. The zero-order chi connectivity index (χ0) is 12.1. The number of hydrogen-bond acceptors (Lipinski definition) is 1. The molecule has 0 amide bonds. The first-order valence-corrected chi connectivity index (χ1v) is 6.35. The second kappa shape index (κ2) is 5.94. The van der Waals surface area contributed by atoms with Gasteiger partial charge in [0.1, 0.15) is 0 Å². The smallest absolute Gasteiger partial charge is 0.261 e. The molecule has 0 saturated carbocycles. The molecule has 0 spiro atoms. The molecule has 0 bridgehead atoms. The highest BCUT2D eigenvalue weighted by atomic mass is 32.2. The lowest BCUT2D eigenvalue weighted by atomic mass is 10.2. The third kappa shape index (κ3) is 3.27. The van der Waals surface area contributed by atoms with Gasteiger partial charge < -0.3 is 0 Å². The molecule has 2 nitrogen and oxygen atoms in total. The number of nitrogens with zero attached hydrogens (tertiary/aromatic N) is 2. The maximum atomic E-state index is 2.20. The second-order valence-corrected chi connectivity index (χ2v) is 5.14. The molecular formula is C13H21N2S+. The molecule has 0 unspecified atom stereocenters. The Hall–Kier alpha value is -0.960. The summed E-state index contributed by atoms with van der Waals surface area (Å²) in [7, 11) is 8.32. The highest BCUT2D eigenvalue weighted by Crippen LogP contribution is 2.24. The molecule has 0 radical (unpaired) electrons. The van der Waals surface area contributed by atoms with Crippen LogP contribution in [0.5, 0.6) is 0 Å². The van der Waals surface area contributed by atoms with Crippen LogP contribution < -0.4 is 0 Å². The van der Waals surface area contributed by atoms with Crippen LogP contribution in [0, 0.1) is 0 Å². The molecule has 0 heterocycles. The van der Waals surface area contributed by atoms with Gasteiger partial charge in [-0.1, -0.05) is 25.1 Å². The predicted octanol–water partition coefficient (Wildman–Crippen LogP) is 2.53. The molecule has 0 aliphatic heterocycles. The van der Waals surface area contributed by atoms with Crippen LogP contribution in [0.15, 0.2) is 29.2 Å². The van der Waals surface area contributed by atoms with Gasteiger partial charge in [-0.25, -0.2) is 0 Å². The fourth-order valence-corrected chi connectivity index (χ4v) is 2.63. The van der Waals surface area contributed by atoms with E-state index in [-0.39, 0.29) is 0 Å². The monoisotopic (exact) mass is 237 g/mol. The molecule has 88 valence electrons. The van der Waals surface area contributed by atoms with Crippen LogP contribution in [-0.2, 0) is 6.42 Å². The zero-order valence-corrected chi connectivity index (χ0v) is 11.6. The van der Waals surface area contributed by atoms with Crippen molar-refractivity contribution in [3.8, 4) is 0 Å². The summed E-state index contributed by atoms with van der Waals surface area (Å²) in [6, 6.07) is 8.60. The van der Waals surface area contributed by atoms with Gasteiger partial charge in [0, 0.05) is 4.90 Å². The number of amidine groups is 1. The minimum Gasteiger partial charge on any atom is -0.261 e. The average molecular weight is 237 g/mol. The normalized spacial score (nSPS) is 10.1. The van der Waals surface area contributed by atoms with Crippen LogP contribution in [0.2, 0.25) is 0 Å². The van der Waals surface area contributed by atoms with Crippen LogP contribution in [-0.4, -0.2) is 42.8 Å². The van der Waals surface area contributed by atoms with E-state index in [9.17, 15) is 0 Å². The second-order valence-electron chi connectivity index (χ2n) is 4.13. The molecule has 0 saturated heterocycles. The Morgan fingerprint density at radius 2 is 1.88 bits per heavy atom. The fourth-order valence-electron chi connectivity index (χ4n) is 1.58. The Kier molecular flexibility index (Phi) is 4.87. The molecule has 1 rings (SSSR count). The third-order valence-corrected chi connectivity index (χ3v) is 3.85. The minimum atomic E-state index is 1.08. The SMILES string of the molecule is CCc1ccccc1SC(N(C)C)=[N+](C)C. The van der Waals surface area contributed by atoms with Gasteiger partial charge in [0.25, 0.3) is 0 Å². The molecule has 0 aliphatic rings. The van der Waals surface area contributed by atoms with E-state index in [2.05, 4.69) is 68.9 Å². The Balaban J connectivity index is 2.99. The molecule has 3 heteroatoms. The minimum absolute atomic E-state index is 1.08. The van der Waals surface area contributed by atoms with E-state index < -0.39 is 0 Å². The van der Waals surface area contributed by atoms with Crippen molar-refractivity contribution >= 4 is 16.9 Å². The fraction of sp³-hybridized carbons (Fsp3) is 0.462. The highest BCUT2D eigenvalue weighted by Gasteiger charge is 2.15. The Morgan fingerprint density at radius 3 is 2.38 bits per heavy atom. The number of rotatable bonds is 2.